The van der Waals surface area contributed by atoms with Gasteiger partial charge in [0.1, 0.15) is 0 Å². The average molecular weight is 209 g/mol. The van der Waals surface area contributed by atoms with E-state index in [4.69, 9.17) is 0 Å². The van der Waals surface area contributed by atoms with Crippen LogP contribution in [-0.4, -0.2) is 32.4 Å². The van der Waals surface area contributed by atoms with Gasteiger partial charge in [-0.2, -0.15) is 0 Å². The first kappa shape index (κ1) is 12.8. The van der Waals surface area contributed by atoms with E-state index in [1.54, 1.807) is 13.8 Å². The average Bonchev–Trinajstić information content (AvgIpc) is 2.11. The van der Waals surface area contributed by atoms with Crippen molar-refractivity contribution in [2.45, 2.75) is 20.4 Å². The standard InChI is InChI=1S/C10H15NO2Si/c1-7(2)9(12)11(6-14-5)10(13)8(3)4/h1,3,6H2,2,4-5H3. The van der Waals surface area contributed by atoms with E-state index in [1.165, 1.54) is 4.90 Å². The van der Waals surface area contributed by atoms with Crippen molar-refractivity contribution >= 4 is 21.3 Å². The molecule has 0 aliphatic rings. The molecule has 2 radical (unpaired) electrons. The second kappa shape index (κ2) is 5.54. The highest BCUT2D eigenvalue weighted by Crippen LogP contribution is 2.03. The molecule has 0 heterocycles. The third-order valence-electron chi connectivity index (χ3n) is 1.54. The Hall–Kier alpha value is -1.16. The predicted octanol–water partition coefficient (Wildman–Crippen LogP) is 1.20. The van der Waals surface area contributed by atoms with Gasteiger partial charge in [0.25, 0.3) is 11.8 Å². The molecule has 0 rings (SSSR count). The lowest BCUT2D eigenvalue weighted by Gasteiger charge is -2.19. The van der Waals surface area contributed by atoms with Crippen molar-refractivity contribution in [3.63, 3.8) is 0 Å². The summed E-state index contributed by atoms with van der Waals surface area (Å²) < 4.78 is 0. The van der Waals surface area contributed by atoms with E-state index >= 15 is 0 Å². The number of hydrogen-bond donors (Lipinski definition) is 0. The Bertz CT molecular complexity index is 258. The summed E-state index contributed by atoms with van der Waals surface area (Å²) >= 11 is 0. The van der Waals surface area contributed by atoms with Gasteiger partial charge in [0, 0.05) is 17.3 Å². The molecule has 0 aliphatic carbocycles. The molecular weight excluding hydrogens is 194 g/mol. The minimum absolute atomic E-state index is 0.313. The van der Waals surface area contributed by atoms with Crippen molar-refractivity contribution in [1.29, 1.82) is 0 Å². The highest BCUT2D eigenvalue weighted by atomic mass is 28.2. The zero-order valence-corrected chi connectivity index (χ0v) is 9.89. The Kier molecular flexibility index (Phi) is 5.08. The topological polar surface area (TPSA) is 37.4 Å². The van der Waals surface area contributed by atoms with Crippen LogP contribution in [0.25, 0.3) is 0 Å². The molecule has 0 aliphatic heterocycles. The summed E-state index contributed by atoms with van der Waals surface area (Å²) in [5.74, 6) is -0.625. The van der Waals surface area contributed by atoms with Crippen LogP contribution in [0.3, 0.4) is 0 Å². The molecule has 0 atom stereocenters. The van der Waals surface area contributed by atoms with Gasteiger partial charge in [-0.1, -0.05) is 19.7 Å². The minimum atomic E-state index is -0.313. The molecule has 0 N–H and O–H groups in total. The molecule has 0 aromatic rings. The van der Waals surface area contributed by atoms with E-state index in [9.17, 15) is 9.59 Å². The Balaban J connectivity index is 4.76. The van der Waals surface area contributed by atoms with Crippen molar-refractivity contribution in [2.75, 3.05) is 6.17 Å². The van der Waals surface area contributed by atoms with Gasteiger partial charge in [-0.25, -0.2) is 0 Å². The van der Waals surface area contributed by atoms with Crippen LogP contribution in [-0.2, 0) is 9.59 Å². The first-order valence-electron chi connectivity index (χ1n) is 4.23. The molecule has 3 nitrogen and oxygen atoms in total. The maximum atomic E-state index is 11.5. The molecule has 0 aromatic carbocycles. The molecule has 0 aromatic heterocycles. The molecule has 76 valence electrons. The van der Waals surface area contributed by atoms with Crippen LogP contribution in [0, 0.1) is 0 Å². The van der Waals surface area contributed by atoms with Crippen LogP contribution in [0.15, 0.2) is 24.3 Å². The van der Waals surface area contributed by atoms with Gasteiger partial charge in [0.15, 0.2) is 0 Å². The Morgan fingerprint density at radius 3 is 1.71 bits per heavy atom. The monoisotopic (exact) mass is 209 g/mol. The highest BCUT2D eigenvalue weighted by molar-refractivity contribution is 6.35. The van der Waals surface area contributed by atoms with E-state index in [2.05, 4.69) is 13.2 Å². The van der Waals surface area contributed by atoms with E-state index in [-0.39, 0.29) is 11.8 Å². The largest absolute Gasteiger partial charge is 0.279 e. The molecular formula is C10H15NO2Si. The quantitative estimate of drug-likeness (QED) is 0.515. The van der Waals surface area contributed by atoms with Gasteiger partial charge in [0.05, 0.1) is 9.52 Å². The molecule has 0 bridgehead atoms. The van der Waals surface area contributed by atoms with Gasteiger partial charge in [-0.05, 0) is 13.8 Å². The zero-order chi connectivity index (χ0) is 11.3. The molecule has 0 spiro atoms. The molecule has 0 fully saturated rings. The van der Waals surface area contributed by atoms with Gasteiger partial charge in [-0.3, -0.25) is 14.5 Å². The number of nitrogens with zero attached hydrogens (tertiary/aromatic N) is 1. The third kappa shape index (κ3) is 3.30. The Morgan fingerprint density at radius 2 is 1.50 bits per heavy atom. The molecule has 0 saturated carbocycles. The molecule has 0 saturated heterocycles. The predicted molar refractivity (Wildman–Crippen MR) is 58.0 cm³/mol. The summed E-state index contributed by atoms with van der Waals surface area (Å²) in [5.41, 5.74) is 0.746. The third-order valence-corrected chi connectivity index (χ3v) is 2.17. The minimum Gasteiger partial charge on any atom is -0.279 e. The first-order valence-corrected chi connectivity index (χ1v) is 5.94. The van der Waals surface area contributed by atoms with Crippen LogP contribution < -0.4 is 0 Å². The SMILES string of the molecule is C=C(C)C(=O)N(C[Si]C)C(=O)C(=C)C. The van der Waals surface area contributed by atoms with Crippen molar-refractivity contribution in [3.8, 4) is 0 Å². The fraction of sp³-hybridized carbons (Fsp3) is 0.400. The van der Waals surface area contributed by atoms with Crippen LogP contribution >= 0.6 is 0 Å². The molecule has 2 amide bonds. The summed E-state index contributed by atoms with van der Waals surface area (Å²) in [6.45, 7) is 12.2. The maximum absolute atomic E-state index is 11.5. The number of carbonyl (C=O) groups is 2. The van der Waals surface area contributed by atoms with Crippen molar-refractivity contribution < 1.29 is 9.59 Å². The summed E-state index contributed by atoms with van der Waals surface area (Å²) in [7, 11) is 0.511. The van der Waals surface area contributed by atoms with Crippen LogP contribution in [0.4, 0.5) is 0 Å². The lowest BCUT2D eigenvalue weighted by atomic mass is 10.2. The number of hydrogen-bond acceptors (Lipinski definition) is 2. The maximum Gasteiger partial charge on any atom is 0.255 e. The Morgan fingerprint density at radius 1 is 1.14 bits per heavy atom. The second-order valence-corrected chi connectivity index (χ2v) is 4.13. The van der Waals surface area contributed by atoms with Crippen LogP contribution in [0.2, 0.25) is 6.55 Å². The normalized spacial score (nSPS) is 9.36. The summed E-state index contributed by atoms with van der Waals surface area (Å²) in [5, 5.41) is 0. The fourth-order valence-electron chi connectivity index (χ4n) is 0.855. The van der Waals surface area contributed by atoms with E-state index in [0.29, 0.717) is 26.8 Å². The van der Waals surface area contributed by atoms with Gasteiger partial charge in [0.2, 0.25) is 0 Å². The highest BCUT2D eigenvalue weighted by Gasteiger charge is 2.20. The summed E-state index contributed by atoms with van der Waals surface area (Å²) in [6.07, 6.45) is 0.442. The lowest BCUT2D eigenvalue weighted by molar-refractivity contribution is -0.138. The molecule has 14 heavy (non-hydrogen) atoms. The van der Waals surface area contributed by atoms with Crippen molar-refractivity contribution in [3.05, 3.63) is 24.3 Å². The van der Waals surface area contributed by atoms with Crippen molar-refractivity contribution in [2.24, 2.45) is 0 Å². The van der Waals surface area contributed by atoms with E-state index < -0.39 is 0 Å². The number of rotatable bonds is 4. The summed E-state index contributed by atoms with van der Waals surface area (Å²) in [6, 6.07) is 0. The Labute approximate surface area is 87.3 Å². The van der Waals surface area contributed by atoms with Crippen LogP contribution in [0.5, 0.6) is 0 Å². The van der Waals surface area contributed by atoms with E-state index in [1.807, 2.05) is 6.55 Å². The number of carbonyl (C=O) groups excluding carboxylic acids is 2. The van der Waals surface area contributed by atoms with Gasteiger partial charge >= 0.3 is 0 Å². The lowest BCUT2D eigenvalue weighted by Crippen LogP contribution is -2.39. The van der Waals surface area contributed by atoms with E-state index in [0.717, 1.165) is 0 Å². The molecule has 0 unspecified atom stereocenters. The smallest absolute Gasteiger partial charge is 0.255 e. The van der Waals surface area contributed by atoms with Crippen molar-refractivity contribution in [1.82, 2.24) is 4.90 Å². The van der Waals surface area contributed by atoms with Gasteiger partial charge in [-0.15, -0.1) is 0 Å². The summed E-state index contributed by atoms with van der Waals surface area (Å²) in [4.78, 5) is 24.3. The second-order valence-electron chi connectivity index (χ2n) is 3.11. The zero-order valence-electron chi connectivity index (χ0n) is 8.89. The van der Waals surface area contributed by atoms with Crippen LogP contribution in [0.1, 0.15) is 13.8 Å². The number of imide groups is 1. The molecule has 4 heteroatoms. The fourth-order valence-corrected chi connectivity index (χ4v) is 1.46. The first-order chi connectivity index (χ1) is 6.41. The number of amides is 2. The van der Waals surface area contributed by atoms with Gasteiger partial charge < -0.3 is 0 Å².